The van der Waals surface area contributed by atoms with Crippen molar-refractivity contribution in [3.8, 4) is 5.75 Å². The van der Waals surface area contributed by atoms with Gasteiger partial charge in [-0.15, -0.1) is 12.4 Å². The lowest BCUT2D eigenvalue weighted by molar-refractivity contribution is -0.123. The van der Waals surface area contributed by atoms with Gasteiger partial charge in [-0.2, -0.15) is 0 Å². The summed E-state index contributed by atoms with van der Waals surface area (Å²) in [5.41, 5.74) is 6.04. The highest BCUT2D eigenvalue weighted by molar-refractivity contribution is 5.85. The molecule has 1 aliphatic rings. The molecule has 20 heavy (non-hydrogen) atoms. The molecule has 0 unspecified atom stereocenters. The summed E-state index contributed by atoms with van der Waals surface area (Å²) in [6.45, 7) is 0.587. The second kappa shape index (κ2) is 8.12. The maximum atomic E-state index is 11.7. The Bertz CT molecular complexity index is 406. The first-order chi connectivity index (χ1) is 9.18. The average molecular weight is 299 g/mol. The van der Waals surface area contributed by atoms with Crippen molar-refractivity contribution >= 4 is 18.3 Å². The number of hydrogen-bond donors (Lipinski definition) is 2. The van der Waals surface area contributed by atoms with Crippen molar-refractivity contribution in [3.63, 3.8) is 0 Å². The number of carbonyl (C=O) groups is 1. The molecule has 1 amide bonds. The van der Waals surface area contributed by atoms with Crippen molar-refractivity contribution in [3.05, 3.63) is 30.3 Å². The van der Waals surface area contributed by atoms with Gasteiger partial charge in [0, 0.05) is 12.1 Å². The van der Waals surface area contributed by atoms with E-state index in [-0.39, 0.29) is 30.5 Å². The van der Waals surface area contributed by atoms with E-state index in [1.54, 1.807) is 0 Å². The molecule has 0 spiro atoms. The van der Waals surface area contributed by atoms with Crippen LogP contribution in [0.1, 0.15) is 32.1 Å². The van der Waals surface area contributed by atoms with Gasteiger partial charge in [0.2, 0.25) is 0 Å². The van der Waals surface area contributed by atoms with Gasteiger partial charge in [0.15, 0.2) is 6.61 Å². The van der Waals surface area contributed by atoms with Crippen LogP contribution in [0, 0.1) is 0 Å². The number of halogens is 1. The molecule has 1 aromatic carbocycles. The van der Waals surface area contributed by atoms with E-state index in [4.69, 9.17) is 10.5 Å². The van der Waals surface area contributed by atoms with Gasteiger partial charge in [0.05, 0.1) is 0 Å². The Balaban J connectivity index is 0.00000200. The molecule has 1 saturated carbocycles. The zero-order valence-corrected chi connectivity index (χ0v) is 12.5. The Morgan fingerprint density at radius 2 is 1.85 bits per heavy atom. The van der Waals surface area contributed by atoms with Crippen LogP contribution in [0.5, 0.6) is 5.75 Å². The number of carbonyl (C=O) groups excluding carboxylic acids is 1. The van der Waals surface area contributed by atoms with Crippen molar-refractivity contribution in [2.75, 3.05) is 13.2 Å². The molecule has 0 radical (unpaired) electrons. The van der Waals surface area contributed by atoms with E-state index in [1.165, 1.54) is 6.42 Å². The minimum absolute atomic E-state index is 0. The number of ether oxygens (including phenoxy) is 1. The van der Waals surface area contributed by atoms with E-state index in [9.17, 15) is 4.79 Å². The molecule has 3 N–H and O–H groups in total. The van der Waals surface area contributed by atoms with Crippen LogP contribution in [0.3, 0.4) is 0 Å². The summed E-state index contributed by atoms with van der Waals surface area (Å²) in [5.74, 6) is 0.594. The third-order valence-electron chi connectivity index (χ3n) is 3.60. The number of amides is 1. The zero-order valence-electron chi connectivity index (χ0n) is 11.6. The molecule has 0 aromatic heterocycles. The van der Waals surface area contributed by atoms with Crippen LogP contribution in [0.2, 0.25) is 0 Å². The van der Waals surface area contributed by atoms with E-state index in [0.29, 0.717) is 12.3 Å². The van der Waals surface area contributed by atoms with Gasteiger partial charge in [-0.25, -0.2) is 0 Å². The number of nitrogens with one attached hydrogen (secondary N) is 1. The lowest BCUT2D eigenvalue weighted by Gasteiger charge is -2.33. The Morgan fingerprint density at radius 3 is 2.50 bits per heavy atom. The van der Waals surface area contributed by atoms with Gasteiger partial charge in [0.1, 0.15) is 5.75 Å². The van der Waals surface area contributed by atoms with Crippen molar-refractivity contribution < 1.29 is 9.53 Å². The predicted molar refractivity (Wildman–Crippen MR) is 82.2 cm³/mol. The summed E-state index contributed by atoms with van der Waals surface area (Å²) in [6, 6.07) is 9.33. The molecule has 2 rings (SSSR count). The minimum Gasteiger partial charge on any atom is -0.484 e. The van der Waals surface area contributed by atoms with Crippen LogP contribution in [0.4, 0.5) is 0 Å². The highest BCUT2D eigenvalue weighted by Gasteiger charge is 2.27. The quantitative estimate of drug-likeness (QED) is 0.876. The van der Waals surface area contributed by atoms with Gasteiger partial charge in [-0.05, 0) is 25.0 Å². The molecular formula is C15H23ClN2O2. The zero-order chi connectivity index (χ0) is 13.6. The Kier molecular flexibility index (Phi) is 6.82. The third-order valence-corrected chi connectivity index (χ3v) is 3.60. The van der Waals surface area contributed by atoms with Gasteiger partial charge in [-0.3, -0.25) is 4.79 Å². The summed E-state index contributed by atoms with van der Waals surface area (Å²) >= 11 is 0. The second-order valence-corrected chi connectivity index (χ2v) is 5.30. The molecule has 0 saturated heterocycles. The van der Waals surface area contributed by atoms with Crippen LogP contribution >= 0.6 is 12.4 Å². The number of rotatable bonds is 5. The topological polar surface area (TPSA) is 64.3 Å². The fraction of sp³-hybridized carbons (Fsp3) is 0.533. The summed E-state index contributed by atoms with van der Waals surface area (Å²) in [5, 5.41) is 2.87. The van der Waals surface area contributed by atoms with Gasteiger partial charge in [0.25, 0.3) is 5.91 Å². The maximum Gasteiger partial charge on any atom is 0.258 e. The standard InChI is InChI=1S/C15H22N2O2.ClH/c16-15(9-5-2-6-10-15)12-17-14(18)11-19-13-7-3-1-4-8-13;/h1,3-4,7-8H,2,5-6,9-12,16H2,(H,17,18);1H. The van der Waals surface area contributed by atoms with Crippen LogP contribution in [-0.2, 0) is 4.79 Å². The van der Waals surface area contributed by atoms with Crippen LogP contribution in [0.25, 0.3) is 0 Å². The molecule has 1 aliphatic carbocycles. The van der Waals surface area contributed by atoms with Crippen molar-refractivity contribution in [1.82, 2.24) is 5.32 Å². The van der Waals surface area contributed by atoms with Gasteiger partial charge < -0.3 is 15.8 Å². The highest BCUT2D eigenvalue weighted by Crippen LogP contribution is 2.25. The summed E-state index contributed by atoms with van der Waals surface area (Å²) in [6.07, 6.45) is 5.56. The van der Waals surface area contributed by atoms with Crippen molar-refractivity contribution in [2.24, 2.45) is 5.73 Å². The molecule has 112 valence electrons. The van der Waals surface area contributed by atoms with Crippen LogP contribution in [-0.4, -0.2) is 24.6 Å². The van der Waals surface area contributed by atoms with E-state index < -0.39 is 0 Å². The normalized spacial score (nSPS) is 16.9. The molecule has 0 atom stereocenters. The molecule has 0 aliphatic heterocycles. The third kappa shape index (κ3) is 5.39. The number of hydrogen-bond acceptors (Lipinski definition) is 3. The van der Waals surface area contributed by atoms with E-state index >= 15 is 0 Å². The lowest BCUT2D eigenvalue weighted by atomic mass is 9.82. The fourth-order valence-corrected chi connectivity index (χ4v) is 2.42. The molecular weight excluding hydrogens is 276 g/mol. The van der Waals surface area contributed by atoms with Crippen LogP contribution < -0.4 is 15.8 Å². The molecule has 1 aromatic rings. The Morgan fingerprint density at radius 1 is 1.20 bits per heavy atom. The first-order valence-electron chi connectivity index (χ1n) is 6.91. The van der Waals surface area contributed by atoms with E-state index in [1.807, 2.05) is 30.3 Å². The predicted octanol–water partition coefficient (Wildman–Crippen LogP) is 2.26. The molecule has 4 nitrogen and oxygen atoms in total. The Labute approximate surface area is 126 Å². The smallest absolute Gasteiger partial charge is 0.258 e. The molecule has 1 fully saturated rings. The van der Waals surface area contributed by atoms with Crippen molar-refractivity contribution in [1.29, 1.82) is 0 Å². The number of benzene rings is 1. The molecule has 0 heterocycles. The van der Waals surface area contributed by atoms with E-state index in [0.717, 1.165) is 25.7 Å². The van der Waals surface area contributed by atoms with E-state index in [2.05, 4.69) is 5.32 Å². The fourth-order valence-electron chi connectivity index (χ4n) is 2.42. The highest BCUT2D eigenvalue weighted by atomic mass is 35.5. The average Bonchev–Trinajstić information content (AvgIpc) is 2.45. The van der Waals surface area contributed by atoms with Crippen molar-refractivity contribution in [2.45, 2.75) is 37.6 Å². The lowest BCUT2D eigenvalue weighted by Crippen LogP contribution is -2.51. The molecule has 5 heteroatoms. The first-order valence-corrected chi connectivity index (χ1v) is 6.91. The van der Waals surface area contributed by atoms with Gasteiger partial charge >= 0.3 is 0 Å². The largest absolute Gasteiger partial charge is 0.484 e. The maximum absolute atomic E-state index is 11.7. The minimum atomic E-state index is -0.222. The monoisotopic (exact) mass is 298 g/mol. The van der Waals surface area contributed by atoms with Crippen LogP contribution in [0.15, 0.2) is 30.3 Å². The Hall–Kier alpha value is -1.26. The number of para-hydroxylation sites is 1. The molecule has 0 bridgehead atoms. The van der Waals surface area contributed by atoms with Gasteiger partial charge in [-0.1, -0.05) is 37.5 Å². The summed E-state index contributed by atoms with van der Waals surface area (Å²) < 4.78 is 5.39. The number of nitrogens with two attached hydrogens (primary N) is 1. The summed E-state index contributed by atoms with van der Waals surface area (Å²) in [7, 11) is 0. The SMILES string of the molecule is Cl.NC1(CNC(=O)COc2ccccc2)CCCCC1. The second-order valence-electron chi connectivity index (χ2n) is 5.30. The first kappa shape index (κ1) is 16.8. The summed E-state index contributed by atoms with van der Waals surface area (Å²) in [4.78, 5) is 11.7.